The highest BCUT2D eigenvalue weighted by molar-refractivity contribution is 6.74. The fourth-order valence-corrected chi connectivity index (χ4v) is 9.22. The molecule has 2 spiro atoms. The van der Waals surface area contributed by atoms with Gasteiger partial charge in [-0.25, -0.2) is 0 Å². The van der Waals surface area contributed by atoms with E-state index in [4.69, 9.17) is 16.0 Å². The number of carbonyl (C=O) groups is 1. The number of benzene rings is 2. The molecule has 0 atom stereocenters. The Kier molecular flexibility index (Phi) is 7.12. The molecule has 2 heterocycles. The summed E-state index contributed by atoms with van der Waals surface area (Å²) >= 11 is 6.41. The summed E-state index contributed by atoms with van der Waals surface area (Å²) in [5.41, 5.74) is 4.14. The van der Waals surface area contributed by atoms with E-state index in [9.17, 15) is 10.1 Å². The highest BCUT2D eigenvalue weighted by atomic mass is 35.5. The van der Waals surface area contributed by atoms with E-state index in [0.29, 0.717) is 27.8 Å². The van der Waals surface area contributed by atoms with Crippen molar-refractivity contribution >= 4 is 42.9 Å². The maximum absolute atomic E-state index is 14.3. The van der Waals surface area contributed by atoms with Crippen LogP contribution in [0.3, 0.4) is 0 Å². The van der Waals surface area contributed by atoms with Gasteiger partial charge in [0.2, 0.25) is 5.91 Å². The van der Waals surface area contributed by atoms with Crippen LogP contribution < -0.4 is 9.80 Å². The first-order valence-corrected chi connectivity index (χ1v) is 18.8. The van der Waals surface area contributed by atoms with E-state index in [2.05, 4.69) is 63.0 Å². The third-order valence-electron chi connectivity index (χ3n) is 11.2. The fraction of sp³-hybridized carbons (Fsp3) is 0.588. The summed E-state index contributed by atoms with van der Waals surface area (Å²) < 4.78 is 6.73. The number of halogens is 1. The molecule has 0 radical (unpaired) electrons. The minimum Gasteiger partial charge on any atom is -0.414 e. The summed E-state index contributed by atoms with van der Waals surface area (Å²) in [5, 5.41) is 10.5. The molecule has 2 saturated carbocycles. The summed E-state index contributed by atoms with van der Waals surface area (Å²) in [6, 6.07) is 14.3. The van der Waals surface area contributed by atoms with Gasteiger partial charge in [-0.3, -0.25) is 9.69 Å². The van der Waals surface area contributed by atoms with Gasteiger partial charge in [0.05, 0.1) is 27.4 Å². The number of amides is 1. The Balaban J connectivity index is 1.23. The van der Waals surface area contributed by atoms with Gasteiger partial charge in [-0.05, 0) is 98.0 Å². The summed E-state index contributed by atoms with van der Waals surface area (Å²) in [5.74, 6) is 0.1000. The van der Waals surface area contributed by atoms with Crippen molar-refractivity contribution in [3.63, 3.8) is 0 Å². The smallest absolute Gasteiger partial charge is 0.242 e. The third-order valence-corrected chi connectivity index (χ3v) is 16.0. The summed E-state index contributed by atoms with van der Waals surface area (Å²) in [4.78, 5) is 18.6. The Bertz CT molecular complexity index is 1390. The third kappa shape index (κ3) is 4.73. The number of piperidine rings is 1. The maximum Gasteiger partial charge on any atom is 0.242 e. The molecular weight excluding hydrogens is 546 g/mol. The van der Waals surface area contributed by atoms with Crippen molar-refractivity contribution in [2.24, 2.45) is 5.41 Å². The number of hydrogen-bond acceptors (Lipinski definition) is 4. The predicted molar refractivity (Wildman–Crippen MR) is 170 cm³/mol. The molecule has 5 nitrogen and oxygen atoms in total. The monoisotopic (exact) mass is 589 g/mol. The van der Waals surface area contributed by atoms with Gasteiger partial charge in [-0.15, -0.1) is 0 Å². The molecular formula is C34H44ClN3O2Si. The van der Waals surface area contributed by atoms with Crippen molar-refractivity contribution in [2.45, 2.75) is 108 Å². The lowest BCUT2D eigenvalue weighted by atomic mass is 9.61. The second kappa shape index (κ2) is 10.1. The van der Waals surface area contributed by atoms with Crippen LogP contribution in [-0.4, -0.2) is 33.4 Å². The van der Waals surface area contributed by atoms with E-state index < -0.39 is 13.7 Å². The highest BCUT2D eigenvalue weighted by Gasteiger charge is 2.53. The van der Waals surface area contributed by atoms with Crippen molar-refractivity contribution in [1.29, 1.82) is 5.26 Å². The van der Waals surface area contributed by atoms with E-state index in [-0.39, 0.29) is 10.9 Å². The number of hydrogen-bond donors (Lipinski definition) is 0. The maximum atomic E-state index is 14.3. The Labute approximate surface area is 251 Å². The lowest BCUT2D eigenvalue weighted by Crippen LogP contribution is -2.54. The van der Waals surface area contributed by atoms with Gasteiger partial charge in [0.25, 0.3) is 0 Å². The Morgan fingerprint density at radius 3 is 2.32 bits per heavy atom. The van der Waals surface area contributed by atoms with Crippen LogP contribution >= 0.6 is 11.6 Å². The quantitative estimate of drug-likeness (QED) is 0.334. The average molecular weight is 590 g/mol. The van der Waals surface area contributed by atoms with Gasteiger partial charge >= 0.3 is 0 Å². The molecule has 0 aromatic heterocycles. The van der Waals surface area contributed by atoms with Crippen molar-refractivity contribution in [2.75, 3.05) is 22.9 Å². The second-order valence-electron chi connectivity index (χ2n) is 14.6. The lowest BCUT2D eigenvalue weighted by Gasteiger charge is -2.55. The van der Waals surface area contributed by atoms with Gasteiger partial charge in [-0.2, -0.15) is 5.26 Å². The molecule has 1 amide bonds. The van der Waals surface area contributed by atoms with Crippen LogP contribution in [-0.2, 0) is 14.6 Å². The molecule has 7 heteroatoms. The first-order chi connectivity index (χ1) is 19.4. The molecule has 6 rings (SSSR count). The largest absolute Gasteiger partial charge is 0.414 e. The van der Waals surface area contributed by atoms with Crippen LogP contribution in [0.1, 0.15) is 89.7 Å². The Hall–Kier alpha value is -2.33. The zero-order chi connectivity index (χ0) is 29.2. The van der Waals surface area contributed by atoms with Gasteiger partial charge in [0.1, 0.15) is 6.07 Å². The number of nitrogens with zero attached hydrogens (tertiary/aromatic N) is 3. The van der Waals surface area contributed by atoms with Crippen molar-refractivity contribution < 1.29 is 9.22 Å². The number of carbonyl (C=O) groups excluding carboxylic acids is 1. The molecule has 41 heavy (non-hydrogen) atoms. The number of rotatable bonds is 4. The van der Waals surface area contributed by atoms with Crippen LogP contribution in [0.15, 0.2) is 36.4 Å². The minimum absolute atomic E-state index is 0.1000. The second-order valence-corrected chi connectivity index (χ2v) is 19.8. The standard InChI is InChI=1S/C34H44ClN3O2Si/c1-32(2,3)41(4,5)40-25-21-33(22-25)16-18-37(19-17-33)24-12-13-30-27(20-24)34(14-7-6-8-15-34)31(39)38(30)29-11-9-10-28(35)26(29)23-36/h9-13,20,25H,6-8,14-19,21-22H2,1-5H3. The summed E-state index contributed by atoms with van der Waals surface area (Å²) in [6.45, 7) is 13.8. The van der Waals surface area contributed by atoms with E-state index in [1.54, 1.807) is 11.0 Å². The van der Waals surface area contributed by atoms with Crippen LogP contribution in [0.4, 0.5) is 17.1 Å². The molecule has 218 valence electrons. The molecule has 0 bridgehead atoms. The van der Waals surface area contributed by atoms with Crippen LogP contribution in [0.2, 0.25) is 23.2 Å². The Morgan fingerprint density at radius 1 is 1.00 bits per heavy atom. The zero-order valence-corrected chi connectivity index (χ0v) is 27.1. The molecule has 3 fully saturated rings. The molecule has 2 aliphatic heterocycles. The molecule has 2 aromatic carbocycles. The van der Waals surface area contributed by atoms with E-state index in [0.717, 1.165) is 50.0 Å². The fourth-order valence-electron chi connectivity index (χ4n) is 7.66. The zero-order valence-electron chi connectivity index (χ0n) is 25.4. The number of nitriles is 1. The molecule has 0 unspecified atom stereocenters. The van der Waals surface area contributed by atoms with E-state index in [1.165, 1.54) is 37.8 Å². The molecule has 2 aliphatic carbocycles. The van der Waals surface area contributed by atoms with Gasteiger partial charge < -0.3 is 9.33 Å². The normalized spacial score (nSPS) is 22.1. The average Bonchev–Trinajstić information content (AvgIpc) is 3.14. The van der Waals surface area contributed by atoms with Gasteiger partial charge in [0.15, 0.2) is 8.32 Å². The SMILES string of the molecule is CC(C)(C)[Si](C)(C)OC1CC2(CCN(c3ccc4c(c3)C3(CCCCC3)C(=O)N4c3cccc(Cl)c3C#N)CC2)C1. The van der Waals surface area contributed by atoms with Crippen molar-refractivity contribution in [1.82, 2.24) is 0 Å². The molecule has 4 aliphatic rings. The van der Waals surface area contributed by atoms with Crippen LogP contribution in [0.5, 0.6) is 0 Å². The summed E-state index contributed by atoms with van der Waals surface area (Å²) in [7, 11) is -1.73. The van der Waals surface area contributed by atoms with E-state index >= 15 is 0 Å². The van der Waals surface area contributed by atoms with Gasteiger partial charge in [-0.1, -0.05) is 57.7 Å². The van der Waals surface area contributed by atoms with Crippen molar-refractivity contribution in [3.8, 4) is 6.07 Å². The van der Waals surface area contributed by atoms with Crippen molar-refractivity contribution in [3.05, 3.63) is 52.5 Å². The first-order valence-electron chi connectivity index (χ1n) is 15.5. The highest BCUT2D eigenvalue weighted by Crippen LogP contribution is 2.56. The van der Waals surface area contributed by atoms with E-state index in [1.807, 2.05) is 12.1 Å². The minimum atomic E-state index is -1.73. The van der Waals surface area contributed by atoms with Gasteiger partial charge in [0, 0.05) is 24.9 Å². The lowest BCUT2D eigenvalue weighted by molar-refractivity contribution is -0.123. The van der Waals surface area contributed by atoms with Crippen LogP contribution in [0.25, 0.3) is 0 Å². The molecule has 1 saturated heterocycles. The molecule has 2 aromatic rings. The number of anilines is 3. The number of fused-ring (bicyclic) bond motifs is 2. The summed E-state index contributed by atoms with van der Waals surface area (Å²) in [6.07, 6.45) is 10.2. The predicted octanol–water partition coefficient (Wildman–Crippen LogP) is 8.86. The first kappa shape index (κ1) is 28.8. The Morgan fingerprint density at radius 2 is 1.68 bits per heavy atom. The topological polar surface area (TPSA) is 56.6 Å². The van der Waals surface area contributed by atoms with Crippen LogP contribution in [0, 0.1) is 16.7 Å². The molecule has 0 N–H and O–H groups in total.